The van der Waals surface area contributed by atoms with Crippen molar-refractivity contribution in [3.63, 3.8) is 0 Å². The highest BCUT2D eigenvalue weighted by Crippen LogP contribution is 2.33. The molecule has 1 N–H and O–H groups in total. The number of esters is 1. The molecule has 0 aromatic rings. The van der Waals surface area contributed by atoms with E-state index in [1.807, 2.05) is 0 Å². The minimum absolute atomic E-state index is 0.0762. The van der Waals surface area contributed by atoms with E-state index in [1.165, 1.54) is 6.42 Å². The standard InChI is InChI=1S/C13H20O3/c1-3-10-13(15,12(14)16-4-2)11-8-6-5-7-9-11/h11,15H,4-9H2,1-2H3/t13-/m0/s1. The van der Waals surface area contributed by atoms with Gasteiger partial charge in [0.25, 0.3) is 0 Å². The minimum Gasteiger partial charge on any atom is -0.463 e. The van der Waals surface area contributed by atoms with Crippen LogP contribution in [0.4, 0.5) is 0 Å². The van der Waals surface area contributed by atoms with Crippen LogP contribution in [0, 0.1) is 17.8 Å². The number of hydrogen-bond acceptors (Lipinski definition) is 3. The number of carbonyl (C=O) groups is 1. The summed E-state index contributed by atoms with van der Waals surface area (Å²) in [4.78, 5) is 11.8. The summed E-state index contributed by atoms with van der Waals surface area (Å²) in [5.74, 6) is 4.63. The van der Waals surface area contributed by atoms with Gasteiger partial charge in [-0.3, -0.25) is 0 Å². The molecule has 1 aliphatic rings. The van der Waals surface area contributed by atoms with E-state index >= 15 is 0 Å². The van der Waals surface area contributed by atoms with Crippen LogP contribution < -0.4 is 0 Å². The molecule has 3 nitrogen and oxygen atoms in total. The van der Waals surface area contributed by atoms with E-state index < -0.39 is 11.6 Å². The Bertz CT molecular complexity index is 294. The van der Waals surface area contributed by atoms with Crippen LogP contribution in [-0.2, 0) is 9.53 Å². The zero-order valence-electron chi connectivity index (χ0n) is 10.1. The fraction of sp³-hybridized carbons (Fsp3) is 0.769. The quantitative estimate of drug-likeness (QED) is 0.588. The molecule has 0 heterocycles. The minimum atomic E-state index is -1.59. The molecule has 0 saturated heterocycles. The number of rotatable bonds is 3. The van der Waals surface area contributed by atoms with Gasteiger partial charge in [0.2, 0.25) is 5.60 Å². The van der Waals surface area contributed by atoms with Crippen LogP contribution in [0.25, 0.3) is 0 Å². The van der Waals surface area contributed by atoms with E-state index in [4.69, 9.17) is 4.74 Å². The molecular weight excluding hydrogens is 204 g/mol. The summed E-state index contributed by atoms with van der Waals surface area (Å²) in [6.07, 6.45) is 4.98. The van der Waals surface area contributed by atoms with Crippen LogP contribution in [0.5, 0.6) is 0 Å². The third-order valence-corrected chi connectivity index (χ3v) is 3.10. The highest BCUT2D eigenvalue weighted by molar-refractivity contribution is 5.83. The largest absolute Gasteiger partial charge is 0.463 e. The molecule has 0 amide bonds. The molecule has 3 heteroatoms. The predicted molar refractivity (Wildman–Crippen MR) is 61.6 cm³/mol. The van der Waals surface area contributed by atoms with Crippen molar-refractivity contribution in [3.8, 4) is 11.8 Å². The highest BCUT2D eigenvalue weighted by atomic mass is 16.5. The fourth-order valence-corrected chi connectivity index (χ4v) is 2.27. The van der Waals surface area contributed by atoms with Crippen molar-refractivity contribution in [1.29, 1.82) is 0 Å². The Hall–Kier alpha value is -1.01. The summed E-state index contributed by atoms with van der Waals surface area (Å²) in [6, 6.07) is 0. The summed E-state index contributed by atoms with van der Waals surface area (Å²) in [5.41, 5.74) is -1.59. The molecule has 1 aliphatic carbocycles. The lowest BCUT2D eigenvalue weighted by molar-refractivity contribution is -0.164. The topological polar surface area (TPSA) is 46.5 Å². The highest BCUT2D eigenvalue weighted by Gasteiger charge is 2.44. The Kier molecular flexibility index (Phi) is 4.82. The van der Waals surface area contributed by atoms with E-state index in [-0.39, 0.29) is 12.5 Å². The predicted octanol–water partition coefficient (Wildman–Crippen LogP) is 1.88. The molecule has 0 radical (unpaired) electrons. The summed E-state index contributed by atoms with van der Waals surface area (Å²) in [6.45, 7) is 3.64. The molecule has 0 aromatic heterocycles. The average molecular weight is 224 g/mol. The molecule has 90 valence electrons. The fourth-order valence-electron chi connectivity index (χ4n) is 2.27. The van der Waals surface area contributed by atoms with E-state index in [1.54, 1.807) is 13.8 Å². The SMILES string of the molecule is CC#C[C@@](O)(C(=O)OCC)C1CCCCC1. The van der Waals surface area contributed by atoms with E-state index in [2.05, 4.69) is 11.8 Å². The Labute approximate surface area is 97.2 Å². The van der Waals surface area contributed by atoms with Crippen LogP contribution in [0.3, 0.4) is 0 Å². The van der Waals surface area contributed by atoms with Crippen molar-refractivity contribution < 1.29 is 14.6 Å². The lowest BCUT2D eigenvalue weighted by Gasteiger charge is -2.32. The molecule has 1 atom stereocenters. The third-order valence-electron chi connectivity index (χ3n) is 3.10. The first-order chi connectivity index (χ1) is 7.65. The van der Waals surface area contributed by atoms with Crippen LogP contribution >= 0.6 is 0 Å². The lowest BCUT2D eigenvalue weighted by atomic mass is 9.77. The van der Waals surface area contributed by atoms with Gasteiger partial charge in [0.05, 0.1) is 6.61 Å². The Morgan fingerprint density at radius 1 is 1.44 bits per heavy atom. The molecular formula is C13H20O3. The first kappa shape index (κ1) is 13.1. The van der Waals surface area contributed by atoms with Gasteiger partial charge in [0, 0.05) is 5.92 Å². The average Bonchev–Trinajstić information content (AvgIpc) is 2.30. The summed E-state index contributed by atoms with van der Waals surface area (Å²) < 4.78 is 4.92. The maximum absolute atomic E-state index is 11.8. The molecule has 0 spiro atoms. The molecule has 0 bridgehead atoms. The summed E-state index contributed by atoms with van der Waals surface area (Å²) in [7, 11) is 0. The van der Waals surface area contributed by atoms with Crippen molar-refractivity contribution in [2.24, 2.45) is 5.92 Å². The van der Waals surface area contributed by atoms with E-state index in [9.17, 15) is 9.90 Å². The summed E-state index contributed by atoms with van der Waals surface area (Å²) >= 11 is 0. The van der Waals surface area contributed by atoms with E-state index in [0.29, 0.717) is 0 Å². The molecule has 1 saturated carbocycles. The molecule has 1 fully saturated rings. The zero-order valence-corrected chi connectivity index (χ0v) is 10.1. The number of carbonyl (C=O) groups excluding carboxylic acids is 1. The maximum atomic E-state index is 11.8. The second-order valence-electron chi connectivity index (χ2n) is 4.20. The van der Waals surface area contributed by atoms with Gasteiger partial charge in [-0.1, -0.05) is 25.2 Å². The first-order valence-corrected chi connectivity index (χ1v) is 5.98. The summed E-state index contributed by atoms with van der Waals surface area (Å²) in [5, 5.41) is 10.4. The van der Waals surface area contributed by atoms with Crippen LogP contribution in [0.2, 0.25) is 0 Å². The molecule has 0 aliphatic heterocycles. The van der Waals surface area contributed by atoms with Gasteiger partial charge in [0.1, 0.15) is 0 Å². The van der Waals surface area contributed by atoms with Gasteiger partial charge in [-0.05, 0) is 26.7 Å². The van der Waals surface area contributed by atoms with Crippen molar-refractivity contribution in [3.05, 3.63) is 0 Å². The van der Waals surface area contributed by atoms with Gasteiger partial charge < -0.3 is 9.84 Å². The smallest absolute Gasteiger partial charge is 0.351 e. The monoisotopic (exact) mass is 224 g/mol. The van der Waals surface area contributed by atoms with Crippen LogP contribution in [-0.4, -0.2) is 23.3 Å². The Balaban J connectivity index is 2.84. The van der Waals surface area contributed by atoms with Gasteiger partial charge in [-0.2, -0.15) is 0 Å². The molecule has 0 unspecified atom stereocenters. The first-order valence-electron chi connectivity index (χ1n) is 5.98. The van der Waals surface area contributed by atoms with Gasteiger partial charge in [-0.25, -0.2) is 4.79 Å². The van der Waals surface area contributed by atoms with Crippen LogP contribution in [0.15, 0.2) is 0 Å². The number of ether oxygens (including phenoxy) is 1. The third kappa shape index (κ3) is 2.76. The molecule has 16 heavy (non-hydrogen) atoms. The second kappa shape index (κ2) is 5.91. The molecule has 0 aromatic carbocycles. The molecule has 1 rings (SSSR count). The van der Waals surface area contributed by atoms with Gasteiger partial charge >= 0.3 is 5.97 Å². The number of hydrogen-bond donors (Lipinski definition) is 1. The number of aliphatic hydroxyl groups is 1. The zero-order chi connectivity index (χ0) is 12.0. The van der Waals surface area contributed by atoms with Crippen molar-refractivity contribution in [2.45, 2.75) is 51.6 Å². The van der Waals surface area contributed by atoms with Crippen LogP contribution in [0.1, 0.15) is 46.0 Å². The second-order valence-corrected chi connectivity index (χ2v) is 4.20. The van der Waals surface area contributed by atoms with Gasteiger partial charge in [0.15, 0.2) is 0 Å². The Morgan fingerprint density at radius 3 is 2.56 bits per heavy atom. The van der Waals surface area contributed by atoms with Crippen molar-refractivity contribution >= 4 is 5.97 Å². The van der Waals surface area contributed by atoms with Crippen molar-refractivity contribution in [1.82, 2.24) is 0 Å². The normalized spacial score (nSPS) is 20.4. The Morgan fingerprint density at radius 2 is 2.06 bits per heavy atom. The van der Waals surface area contributed by atoms with Gasteiger partial charge in [-0.15, -0.1) is 5.92 Å². The van der Waals surface area contributed by atoms with E-state index in [0.717, 1.165) is 25.7 Å². The van der Waals surface area contributed by atoms with Crippen molar-refractivity contribution in [2.75, 3.05) is 6.61 Å². The maximum Gasteiger partial charge on any atom is 0.351 e. The lowest BCUT2D eigenvalue weighted by Crippen LogP contribution is -2.46.